The number of rotatable bonds is 2. The van der Waals surface area contributed by atoms with Crippen molar-refractivity contribution in [1.29, 1.82) is 0 Å². The fraction of sp³-hybridized carbons (Fsp3) is 0.182. The van der Waals surface area contributed by atoms with Gasteiger partial charge in [-0.3, -0.25) is 9.59 Å². The van der Waals surface area contributed by atoms with E-state index in [1.165, 1.54) is 17.1 Å². The predicted molar refractivity (Wildman–Crippen MR) is 58.3 cm³/mol. The Kier molecular flexibility index (Phi) is 7.05. The summed E-state index contributed by atoms with van der Waals surface area (Å²) in [5.41, 5.74) is 0. The second-order valence-electron chi connectivity index (χ2n) is 3.15. The minimum atomic E-state index is -0.454. The minimum Gasteiger partial charge on any atom is -0.589 e. The van der Waals surface area contributed by atoms with E-state index in [9.17, 15) is 19.2 Å². The number of imide groups is 2. The van der Waals surface area contributed by atoms with Crippen LogP contribution >= 0.6 is 0 Å². The maximum atomic E-state index is 10.8. The van der Waals surface area contributed by atoms with E-state index in [0.717, 1.165) is 12.2 Å². The maximum absolute atomic E-state index is 10.8. The average molecular weight is 418 g/mol. The van der Waals surface area contributed by atoms with Gasteiger partial charge in [-0.05, 0) is 12.2 Å². The van der Waals surface area contributed by atoms with Crippen LogP contribution in [-0.2, 0) is 40.2 Å². The molecule has 7 heteroatoms. The van der Waals surface area contributed by atoms with Crippen LogP contribution in [-0.4, -0.2) is 35.1 Å². The molecular weight excluding hydrogens is 408 g/mol. The van der Waals surface area contributed by atoms with Crippen molar-refractivity contribution in [2.75, 3.05) is 6.54 Å². The Morgan fingerprint density at radius 1 is 1.00 bits per heavy atom. The van der Waals surface area contributed by atoms with Gasteiger partial charge in [0.1, 0.15) is 0 Å². The van der Waals surface area contributed by atoms with Crippen molar-refractivity contribution >= 4 is 23.6 Å². The first-order chi connectivity index (χ1) is 8.04. The number of hydrogen-bond acceptors (Lipinski definition) is 4. The van der Waals surface area contributed by atoms with E-state index < -0.39 is 11.8 Å². The van der Waals surface area contributed by atoms with Crippen LogP contribution in [0.15, 0.2) is 24.3 Å². The molecule has 2 rings (SSSR count). The summed E-state index contributed by atoms with van der Waals surface area (Å²) in [6.07, 6.45) is 6.62. The molecule has 0 spiro atoms. The summed E-state index contributed by atoms with van der Waals surface area (Å²) in [5, 5.41) is 3.00. The topological polar surface area (TPSA) is 85.6 Å². The average Bonchev–Trinajstić information content (AvgIpc) is 2.79. The second kappa shape index (κ2) is 7.71. The molecule has 0 aromatic rings. The van der Waals surface area contributed by atoms with Gasteiger partial charge in [0.2, 0.25) is 0 Å². The molecule has 94 valence electrons. The van der Waals surface area contributed by atoms with Gasteiger partial charge in [0, 0.05) is 12.2 Å². The molecule has 0 bridgehead atoms. The molecule has 0 aromatic heterocycles. The third-order valence-corrected chi connectivity index (χ3v) is 1.85. The van der Waals surface area contributed by atoms with Gasteiger partial charge in [0.05, 0.1) is 11.8 Å². The largest absolute Gasteiger partial charge is 2.00 e. The van der Waals surface area contributed by atoms with Gasteiger partial charge < -0.3 is 26.2 Å². The smallest absolute Gasteiger partial charge is 0.589 e. The predicted octanol–water partition coefficient (Wildman–Crippen LogP) is 0.116. The SMILES string of the molecule is C[CH-]CN1C(=O)C=CC1=O.O=C1C=CC(=O)[N-]1.[W+2]. The summed E-state index contributed by atoms with van der Waals surface area (Å²) in [5.74, 6) is -1.35. The number of nitrogens with zero attached hydrogens (tertiary/aromatic N) is 2. The summed E-state index contributed by atoms with van der Waals surface area (Å²) >= 11 is 0. The first kappa shape index (κ1) is 16.4. The summed E-state index contributed by atoms with van der Waals surface area (Å²) < 4.78 is 0. The molecule has 0 fully saturated rings. The standard InChI is InChI=1S/C7H8NO2.C4H3NO2.W/c1-2-5-8-6(9)3-4-7(8)10;6-3-1-2-4(7)5-3;/h2-4H,5H2,1H3;1-2H,(H,5,6,7);/q-1;;+2/p-1. The van der Waals surface area contributed by atoms with E-state index in [2.05, 4.69) is 5.32 Å². The van der Waals surface area contributed by atoms with E-state index in [4.69, 9.17) is 0 Å². The monoisotopic (exact) mass is 418 g/mol. The summed E-state index contributed by atoms with van der Waals surface area (Å²) in [6.45, 7) is 2.21. The maximum Gasteiger partial charge on any atom is 2.00 e. The van der Waals surface area contributed by atoms with E-state index >= 15 is 0 Å². The summed E-state index contributed by atoms with van der Waals surface area (Å²) in [7, 11) is 0. The van der Waals surface area contributed by atoms with Crippen molar-refractivity contribution in [3.8, 4) is 0 Å². The molecule has 0 aliphatic carbocycles. The van der Waals surface area contributed by atoms with Crippen molar-refractivity contribution in [2.45, 2.75) is 6.92 Å². The van der Waals surface area contributed by atoms with Crippen LogP contribution in [0.25, 0.3) is 5.32 Å². The normalized spacial score (nSPS) is 16.4. The Labute approximate surface area is 118 Å². The molecule has 4 amide bonds. The number of hydrogen-bond donors (Lipinski definition) is 0. The van der Waals surface area contributed by atoms with Crippen molar-refractivity contribution in [3.63, 3.8) is 0 Å². The van der Waals surface area contributed by atoms with Gasteiger partial charge >= 0.3 is 21.1 Å². The second-order valence-corrected chi connectivity index (χ2v) is 3.15. The molecule has 0 saturated heterocycles. The van der Waals surface area contributed by atoms with Crippen LogP contribution in [0.5, 0.6) is 0 Å². The molecule has 0 unspecified atom stereocenters. The Bertz CT molecular complexity index is 395. The van der Waals surface area contributed by atoms with Crippen LogP contribution in [0, 0.1) is 6.42 Å². The first-order valence-electron chi connectivity index (χ1n) is 4.83. The zero-order valence-corrected chi connectivity index (χ0v) is 12.5. The van der Waals surface area contributed by atoms with Crippen molar-refractivity contribution in [3.05, 3.63) is 36.0 Å². The van der Waals surface area contributed by atoms with Gasteiger partial charge in [0.25, 0.3) is 11.8 Å². The Hall–Kier alpha value is -1.55. The van der Waals surface area contributed by atoms with Gasteiger partial charge in [-0.2, -0.15) is 6.92 Å². The van der Waals surface area contributed by atoms with Gasteiger partial charge in [-0.25, -0.2) is 0 Å². The van der Waals surface area contributed by atoms with Crippen LogP contribution in [0.2, 0.25) is 0 Å². The molecular formula is C11H10N2O4W. The Balaban J connectivity index is 0.000000321. The molecule has 2 aliphatic rings. The Morgan fingerprint density at radius 3 is 1.72 bits per heavy atom. The van der Waals surface area contributed by atoms with Crippen LogP contribution < -0.4 is 0 Å². The quantitative estimate of drug-likeness (QED) is 0.471. The number of carbonyl (C=O) groups excluding carboxylic acids is 4. The first-order valence-corrected chi connectivity index (χ1v) is 4.83. The summed E-state index contributed by atoms with van der Waals surface area (Å²) in [6, 6.07) is 0. The number of amides is 4. The Morgan fingerprint density at radius 2 is 1.44 bits per heavy atom. The molecule has 0 N–H and O–H groups in total. The third-order valence-electron chi connectivity index (χ3n) is 1.85. The molecule has 0 atom stereocenters. The van der Waals surface area contributed by atoms with Crippen molar-refractivity contribution < 1.29 is 40.2 Å². The van der Waals surface area contributed by atoms with E-state index in [1.54, 1.807) is 13.3 Å². The van der Waals surface area contributed by atoms with Crippen molar-refractivity contribution in [1.82, 2.24) is 4.90 Å². The molecule has 2 aliphatic heterocycles. The van der Waals surface area contributed by atoms with E-state index in [1.807, 2.05) is 0 Å². The van der Waals surface area contributed by atoms with E-state index in [0.29, 0.717) is 6.54 Å². The van der Waals surface area contributed by atoms with Crippen LogP contribution in [0.4, 0.5) is 0 Å². The molecule has 6 nitrogen and oxygen atoms in total. The number of carbonyl (C=O) groups is 4. The fourth-order valence-electron chi connectivity index (χ4n) is 1.12. The zero-order valence-electron chi connectivity index (χ0n) is 9.53. The molecule has 0 radical (unpaired) electrons. The van der Waals surface area contributed by atoms with Crippen molar-refractivity contribution in [2.24, 2.45) is 0 Å². The van der Waals surface area contributed by atoms with Gasteiger partial charge in [0.15, 0.2) is 0 Å². The van der Waals surface area contributed by atoms with Gasteiger partial charge in [-0.15, -0.1) is 0 Å². The fourth-order valence-corrected chi connectivity index (χ4v) is 1.12. The van der Waals surface area contributed by atoms with Gasteiger partial charge in [-0.1, -0.05) is 6.54 Å². The molecule has 0 aromatic carbocycles. The zero-order chi connectivity index (χ0) is 12.8. The summed E-state index contributed by atoms with van der Waals surface area (Å²) in [4.78, 5) is 42.7. The third kappa shape index (κ3) is 4.75. The molecule has 0 saturated carbocycles. The van der Waals surface area contributed by atoms with Crippen LogP contribution in [0.3, 0.4) is 0 Å². The van der Waals surface area contributed by atoms with Crippen LogP contribution in [0.1, 0.15) is 6.92 Å². The van der Waals surface area contributed by atoms with E-state index in [-0.39, 0.29) is 32.9 Å². The molecule has 18 heavy (non-hydrogen) atoms. The molecule has 2 heterocycles. The minimum absolute atomic E-state index is 0.